The molecule has 8 nitrogen and oxygen atoms in total. The molecule has 0 saturated carbocycles. The van der Waals surface area contributed by atoms with Crippen LogP contribution in [0.4, 0.5) is 5.95 Å². The second-order valence-electron chi connectivity index (χ2n) is 4.53. The molecule has 9 heteroatoms. The number of hydrogen-bond acceptors (Lipinski definition) is 7. The molecule has 0 unspecified atom stereocenters. The number of nitrogens with two attached hydrogens (primary N) is 1. The van der Waals surface area contributed by atoms with Crippen molar-refractivity contribution in [3.8, 4) is 17.9 Å². The Balaban J connectivity index is 2.08. The predicted octanol–water partition coefficient (Wildman–Crippen LogP) is 1.73. The number of imidazole rings is 1. The molecule has 0 atom stereocenters. The van der Waals surface area contributed by atoms with Crippen LogP contribution in [-0.4, -0.2) is 29.2 Å². The summed E-state index contributed by atoms with van der Waals surface area (Å²) in [7, 11) is 1.28. The topological polar surface area (TPSA) is 127 Å². The third-order valence-electron chi connectivity index (χ3n) is 3.13. The summed E-state index contributed by atoms with van der Waals surface area (Å²) in [6, 6.07) is 8.19. The van der Waals surface area contributed by atoms with Gasteiger partial charge in [-0.25, -0.2) is 9.78 Å². The number of nitrogen functional groups attached to an aromatic ring is 1. The number of nitriles is 2. The molecule has 0 fully saturated rings. The fourth-order valence-corrected chi connectivity index (χ4v) is 2.23. The second-order valence-corrected chi connectivity index (χ2v) is 4.93. The van der Waals surface area contributed by atoms with Gasteiger partial charge < -0.3 is 15.2 Å². The van der Waals surface area contributed by atoms with Crippen molar-refractivity contribution in [1.82, 2.24) is 9.55 Å². The second kappa shape index (κ2) is 7.36. The van der Waals surface area contributed by atoms with Crippen LogP contribution >= 0.6 is 11.6 Å². The van der Waals surface area contributed by atoms with Crippen molar-refractivity contribution in [2.24, 2.45) is 0 Å². The Bertz CT molecular complexity index is 863. The first-order valence-electron chi connectivity index (χ1n) is 6.68. The Labute approximate surface area is 142 Å². The van der Waals surface area contributed by atoms with Crippen molar-refractivity contribution in [2.45, 2.75) is 6.54 Å². The van der Waals surface area contributed by atoms with Gasteiger partial charge in [-0.15, -0.1) is 0 Å². The molecule has 0 aliphatic rings. The molecule has 1 aromatic heterocycles. The highest BCUT2D eigenvalue weighted by Gasteiger charge is 2.15. The number of hydrogen-bond donors (Lipinski definition) is 1. The number of methoxy groups -OCH3 is 1. The van der Waals surface area contributed by atoms with E-state index in [1.165, 1.54) is 29.9 Å². The van der Waals surface area contributed by atoms with E-state index in [0.717, 1.165) is 0 Å². The number of carbonyl (C=O) groups excluding carboxylic acids is 1. The molecule has 0 radical (unpaired) electrons. The van der Waals surface area contributed by atoms with Crippen molar-refractivity contribution in [3.63, 3.8) is 0 Å². The van der Waals surface area contributed by atoms with Gasteiger partial charge in [0.2, 0.25) is 5.95 Å². The van der Waals surface area contributed by atoms with Gasteiger partial charge in [-0.3, -0.25) is 4.57 Å². The maximum atomic E-state index is 11.4. The van der Waals surface area contributed by atoms with E-state index in [1.807, 2.05) is 12.1 Å². The van der Waals surface area contributed by atoms with E-state index >= 15 is 0 Å². The predicted molar refractivity (Wildman–Crippen MR) is 84.4 cm³/mol. The van der Waals surface area contributed by atoms with Crippen LogP contribution in [0.5, 0.6) is 5.75 Å². The molecular formula is C15H12ClN5O3. The minimum absolute atomic E-state index is 0.0320. The van der Waals surface area contributed by atoms with E-state index in [1.54, 1.807) is 0 Å². The number of esters is 1. The zero-order valence-corrected chi connectivity index (χ0v) is 13.4. The summed E-state index contributed by atoms with van der Waals surface area (Å²) in [5.41, 5.74) is 6.04. The molecule has 0 aliphatic carbocycles. The zero-order valence-electron chi connectivity index (χ0n) is 12.6. The monoisotopic (exact) mass is 345 g/mol. The summed E-state index contributed by atoms with van der Waals surface area (Å²) in [5, 5.41) is 18.2. The molecule has 2 N–H and O–H groups in total. The van der Waals surface area contributed by atoms with Crippen molar-refractivity contribution < 1.29 is 14.3 Å². The fraction of sp³-hybridized carbons (Fsp3) is 0.200. The summed E-state index contributed by atoms with van der Waals surface area (Å²) in [5.74, 6) is -0.0850. The van der Waals surface area contributed by atoms with Gasteiger partial charge in [-0.1, -0.05) is 11.6 Å². The largest absolute Gasteiger partial charge is 0.490 e. The number of benzene rings is 1. The minimum atomic E-state index is -0.502. The standard InChI is InChI=1S/C15H12ClN5O3/c1-23-14(22)9-2-3-13(10(16)6-9)24-5-4-21-12(8-18)11(7-17)20-15(21)19/h2-3,6H,4-5H2,1H3,(H2,19,20). The average molecular weight is 346 g/mol. The first kappa shape index (κ1) is 17.1. The van der Waals surface area contributed by atoms with E-state index in [2.05, 4.69) is 9.72 Å². The Morgan fingerprint density at radius 1 is 1.42 bits per heavy atom. The number of rotatable bonds is 5. The molecular weight excluding hydrogens is 334 g/mol. The molecule has 1 aromatic carbocycles. The van der Waals surface area contributed by atoms with Crippen LogP contribution in [0.15, 0.2) is 18.2 Å². The van der Waals surface area contributed by atoms with Crippen LogP contribution < -0.4 is 10.5 Å². The maximum absolute atomic E-state index is 11.4. The lowest BCUT2D eigenvalue weighted by molar-refractivity contribution is 0.0600. The lowest BCUT2D eigenvalue weighted by Gasteiger charge is -2.10. The molecule has 2 aromatic rings. The summed E-state index contributed by atoms with van der Waals surface area (Å²) >= 11 is 6.06. The lowest BCUT2D eigenvalue weighted by Crippen LogP contribution is -2.12. The number of nitrogens with zero attached hydrogens (tertiary/aromatic N) is 4. The van der Waals surface area contributed by atoms with E-state index in [4.69, 9.17) is 32.6 Å². The van der Waals surface area contributed by atoms with Gasteiger partial charge in [0, 0.05) is 0 Å². The Morgan fingerprint density at radius 3 is 2.75 bits per heavy atom. The van der Waals surface area contributed by atoms with Crippen molar-refractivity contribution in [2.75, 3.05) is 19.5 Å². The van der Waals surface area contributed by atoms with Crippen LogP contribution in [0.3, 0.4) is 0 Å². The third-order valence-corrected chi connectivity index (χ3v) is 3.43. The van der Waals surface area contributed by atoms with Crippen LogP contribution in [0.25, 0.3) is 0 Å². The minimum Gasteiger partial charge on any atom is -0.490 e. The average Bonchev–Trinajstić information content (AvgIpc) is 2.90. The Hall–Kier alpha value is -3.23. The third kappa shape index (κ3) is 3.40. The Morgan fingerprint density at radius 2 is 2.17 bits per heavy atom. The molecule has 0 bridgehead atoms. The first-order chi connectivity index (χ1) is 11.5. The van der Waals surface area contributed by atoms with Gasteiger partial charge in [-0.2, -0.15) is 10.5 Å². The fourth-order valence-electron chi connectivity index (χ4n) is 2.00. The normalized spacial score (nSPS) is 9.83. The molecule has 2 rings (SSSR count). The van der Waals surface area contributed by atoms with E-state index in [0.29, 0.717) is 11.3 Å². The highest BCUT2D eigenvalue weighted by atomic mass is 35.5. The van der Waals surface area contributed by atoms with Gasteiger partial charge in [0.25, 0.3) is 0 Å². The number of carbonyl (C=O) groups is 1. The van der Waals surface area contributed by atoms with Crippen LogP contribution in [0.2, 0.25) is 5.02 Å². The first-order valence-corrected chi connectivity index (χ1v) is 7.06. The molecule has 0 spiro atoms. The molecule has 0 amide bonds. The van der Waals surface area contributed by atoms with Gasteiger partial charge in [0.15, 0.2) is 11.4 Å². The Kier molecular flexibility index (Phi) is 5.25. The van der Waals surface area contributed by atoms with Crippen molar-refractivity contribution >= 4 is 23.5 Å². The summed E-state index contributed by atoms with van der Waals surface area (Å²) in [6.07, 6.45) is 0. The molecule has 122 valence electrons. The van der Waals surface area contributed by atoms with Crippen LogP contribution in [-0.2, 0) is 11.3 Å². The number of aromatic nitrogens is 2. The highest BCUT2D eigenvalue weighted by molar-refractivity contribution is 6.32. The van der Waals surface area contributed by atoms with Gasteiger partial charge in [0.05, 0.1) is 24.2 Å². The van der Waals surface area contributed by atoms with Gasteiger partial charge in [-0.05, 0) is 18.2 Å². The lowest BCUT2D eigenvalue weighted by atomic mass is 10.2. The summed E-state index contributed by atoms with van der Waals surface area (Å²) in [4.78, 5) is 15.2. The number of anilines is 1. The van der Waals surface area contributed by atoms with E-state index in [-0.39, 0.29) is 35.5 Å². The molecule has 1 heterocycles. The van der Waals surface area contributed by atoms with Crippen molar-refractivity contribution in [1.29, 1.82) is 10.5 Å². The van der Waals surface area contributed by atoms with Gasteiger partial charge in [0.1, 0.15) is 24.5 Å². The van der Waals surface area contributed by atoms with Crippen molar-refractivity contribution in [3.05, 3.63) is 40.2 Å². The van der Waals surface area contributed by atoms with Gasteiger partial charge >= 0.3 is 5.97 Å². The smallest absolute Gasteiger partial charge is 0.337 e. The SMILES string of the molecule is COC(=O)c1ccc(OCCn2c(N)nc(C#N)c2C#N)c(Cl)c1. The summed E-state index contributed by atoms with van der Waals surface area (Å²) in [6.45, 7) is 0.343. The molecule has 0 aliphatic heterocycles. The highest BCUT2D eigenvalue weighted by Crippen LogP contribution is 2.26. The molecule has 0 saturated heterocycles. The van der Waals surface area contributed by atoms with Crippen LogP contribution in [0.1, 0.15) is 21.7 Å². The van der Waals surface area contributed by atoms with Crippen LogP contribution in [0, 0.1) is 22.7 Å². The number of halogens is 1. The molecule has 24 heavy (non-hydrogen) atoms. The van der Waals surface area contributed by atoms with E-state index in [9.17, 15) is 4.79 Å². The zero-order chi connectivity index (χ0) is 17.7. The number of ether oxygens (including phenoxy) is 2. The van der Waals surface area contributed by atoms with E-state index < -0.39 is 5.97 Å². The maximum Gasteiger partial charge on any atom is 0.337 e. The summed E-state index contributed by atoms with van der Waals surface area (Å²) < 4.78 is 11.5. The quantitative estimate of drug-likeness (QED) is 0.817.